The first-order valence-corrected chi connectivity index (χ1v) is 7.20. The number of ether oxygens (including phenoxy) is 2. The fraction of sp³-hybridized carbons (Fsp3) is 0.533. The number of morpholine rings is 1. The van der Waals surface area contributed by atoms with Gasteiger partial charge in [-0.05, 0) is 13.1 Å². The Morgan fingerprint density at radius 3 is 2.81 bits per heavy atom. The average molecular weight is 310 g/mol. The minimum absolute atomic E-state index is 0. The second-order valence-corrected chi connectivity index (χ2v) is 5.59. The lowest BCUT2D eigenvalue weighted by Gasteiger charge is -2.37. The van der Waals surface area contributed by atoms with Gasteiger partial charge in [0.2, 0.25) is 0 Å². The van der Waals surface area contributed by atoms with Gasteiger partial charge in [0.1, 0.15) is 12.2 Å². The number of aromatic nitrogens is 2. The maximum atomic E-state index is 6.05. The Bertz CT molecular complexity index is 630. The summed E-state index contributed by atoms with van der Waals surface area (Å²) in [5, 5.41) is 5.87. The summed E-state index contributed by atoms with van der Waals surface area (Å²) in [6, 6.07) is 8.28. The van der Waals surface area contributed by atoms with Crippen LogP contribution in [0.5, 0.6) is 0 Å². The van der Waals surface area contributed by atoms with Gasteiger partial charge in [0.25, 0.3) is 0 Å². The van der Waals surface area contributed by atoms with Gasteiger partial charge < -0.3 is 14.4 Å². The third-order valence-electron chi connectivity index (χ3n) is 4.19. The summed E-state index contributed by atoms with van der Waals surface area (Å²) in [6.45, 7) is 4.19. The van der Waals surface area contributed by atoms with Crippen LogP contribution >= 0.6 is 12.4 Å². The molecule has 0 bridgehead atoms. The van der Waals surface area contributed by atoms with E-state index in [0.717, 1.165) is 31.8 Å². The minimum atomic E-state index is -0.0149. The molecule has 0 saturated carbocycles. The second kappa shape index (κ2) is 5.93. The van der Waals surface area contributed by atoms with Gasteiger partial charge in [0.05, 0.1) is 31.0 Å². The van der Waals surface area contributed by atoms with Gasteiger partial charge in [-0.3, -0.25) is 4.68 Å². The molecule has 3 heterocycles. The molecule has 0 amide bonds. The minimum Gasteiger partial charge on any atom is -0.372 e. The molecule has 2 atom stereocenters. The van der Waals surface area contributed by atoms with Crippen molar-refractivity contribution < 1.29 is 9.47 Å². The number of rotatable bonds is 1. The monoisotopic (exact) mass is 309 g/mol. The molecule has 1 saturated heterocycles. The first-order valence-electron chi connectivity index (χ1n) is 7.20. The smallest absolute Gasteiger partial charge is 0.127 e. The quantitative estimate of drug-likeness (QED) is 0.806. The van der Waals surface area contributed by atoms with E-state index < -0.39 is 0 Å². The highest BCUT2D eigenvalue weighted by atomic mass is 35.5. The molecular formula is C15H20ClN3O2. The zero-order valence-electron chi connectivity index (χ0n) is 12.1. The van der Waals surface area contributed by atoms with Gasteiger partial charge in [0.15, 0.2) is 0 Å². The molecule has 0 spiro atoms. The molecule has 1 fully saturated rings. The number of benzene rings is 1. The molecular weight excluding hydrogens is 290 g/mol. The molecule has 5 nitrogen and oxygen atoms in total. The highest BCUT2D eigenvalue weighted by molar-refractivity contribution is 5.85. The van der Waals surface area contributed by atoms with Crippen LogP contribution in [0, 0.1) is 0 Å². The molecule has 0 radical (unpaired) electrons. The first-order chi connectivity index (χ1) is 9.83. The summed E-state index contributed by atoms with van der Waals surface area (Å²) in [5.74, 6) is 0. The van der Waals surface area contributed by atoms with Crippen molar-refractivity contribution in [1.29, 1.82) is 0 Å². The van der Waals surface area contributed by atoms with Crippen molar-refractivity contribution in [2.45, 2.75) is 18.8 Å². The molecule has 21 heavy (non-hydrogen) atoms. The molecule has 2 aliphatic heterocycles. The fourth-order valence-corrected chi connectivity index (χ4v) is 3.19. The summed E-state index contributed by atoms with van der Waals surface area (Å²) in [5.41, 5.74) is 2.22. The zero-order valence-corrected chi connectivity index (χ0v) is 12.9. The Balaban J connectivity index is 0.00000132. The highest BCUT2D eigenvalue weighted by Gasteiger charge is 2.34. The SMILES string of the molecule is CN1CCO[C@@H]([C@@H]2OCCn3nc4ccccc4c32)C1.Cl. The molecule has 0 unspecified atom stereocenters. The van der Waals surface area contributed by atoms with Crippen LogP contribution in [0.15, 0.2) is 24.3 Å². The van der Waals surface area contributed by atoms with Crippen molar-refractivity contribution in [3.63, 3.8) is 0 Å². The Kier molecular flexibility index (Phi) is 4.17. The lowest BCUT2D eigenvalue weighted by molar-refractivity contribution is -0.121. The van der Waals surface area contributed by atoms with Gasteiger partial charge in [-0.1, -0.05) is 18.2 Å². The van der Waals surface area contributed by atoms with Crippen LogP contribution in [0.3, 0.4) is 0 Å². The lowest BCUT2D eigenvalue weighted by Crippen LogP contribution is -2.45. The van der Waals surface area contributed by atoms with Crippen molar-refractivity contribution in [3.8, 4) is 0 Å². The standard InChI is InChI=1S/C15H19N3O2.ClH/c1-17-6-8-19-13(10-17)15-14-11-4-2-3-5-12(11)16-18(14)7-9-20-15;/h2-5,13,15H,6-10H2,1H3;1H/t13-,15+;/m1./s1. The number of hydrogen-bond acceptors (Lipinski definition) is 4. The van der Waals surface area contributed by atoms with Gasteiger partial charge >= 0.3 is 0 Å². The molecule has 0 N–H and O–H groups in total. The Labute approximate surface area is 130 Å². The van der Waals surface area contributed by atoms with Gasteiger partial charge in [-0.25, -0.2) is 0 Å². The van der Waals surface area contributed by atoms with Crippen LogP contribution in [0.1, 0.15) is 11.8 Å². The van der Waals surface area contributed by atoms with E-state index in [1.807, 2.05) is 6.07 Å². The Morgan fingerprint density at radius 2 is 1.95 bits per heavy atom. The molecule has 114 valence electrons. The average Bonchev–Trinajstić information content (AvgIpc) is 2.85. The molecule has 1 aromatic heterocycles. The summed E-state index contributed by atoms with van der Waals surface area (Å²) >= 11 is 0. The first kappa shape index (κ1) is 14.8. The van der Waals surface area contributed by atoms with E-state index in [9.17, 15) is 0 Å². The summed E-state index contributed by atoms with van der Waals surface area (Å²) in [4.78, 5) is 2.30. The van der Waals surface area contributed by atoms with Crippen LogP contribution in [0.25, 0.3) is 10.9 Å². The zero-order chi connectivity index (χ0) is 13.5. The van der Waals surface area contributed by atoms with Crippen LogP contribution in [-0.4, -0.2) is 54.1 Å². The van der Waals surface area contributed by atoms with Crippen molar-refractivity contribution in [1.82, 2.24) is 14.7 Å². The normalized spacial score (nSPS) is 26.3. The second-order valence-electron chi connectivity index (χ2n) is 5.59. The fourth-order valence-electron chi connectivity index (χ4n) is 3.19. The number of likely N-dealkylation sites (N-methyl/N-ethyl adjacent to an activating group) is 1. The maximum absolute atomic E-state index is 6.05. The lowest BCUT2D eigenvalue weighted by atomic mass is 10.0. The van der Waals surface area contributed by atoms with E-state index in [2.05, 4.69) is 39.9 Å². The third-order valence-corrected chi connectivity index (χ3v) is 4.19. The predicted octanol–water partition coefficient (Wildman–Crippen LogP) is 1.86. The molecule has 4 rings (SSSR count). The van der Waals surface area contributed by atoms with E-state index in [1.165, 1.54) is 11.1 Å². The molecule has 2 aliphatic rings. The molecule has 1 aromatic carbocycles. The van der Waals surface area contributed by atoms with Crippen LogP contribution < -0.4 is 0 Å². The van der Waals surface area contributed by atoms with Crippen molar-refractivity contribution in [2.75, 3.05) is 33.4 Å². The van der Waals surface area contributed by atoms with Crippen molar-refractivity contribution in [2.24, 2.45) is 0 Å². The summed E-state index contributed by atoms with van der Waals surface area (Å²) in [6.07, 6.45) is 0.0757. The van der Waals surface area contributed by atoms with Crippen LogP contribution in [0.2, 0.25) is 0 Å². The van der Waals surface area contributed by atoms with Crippen LogP contribution in [0.4, 0.5) is 0 Å². The Hall–Kier alpha value is -1.14. The summed E-state index contributed by atoms with van der Waals surface area (Å²) in [7, 11) is 2.13. The van der Waals surface area contributed by atoms with E-state index in [-0.39, 0.29) is 24.6 Å². The predicted molar refractivity (Wildman–Crippen MR) is 82.9 cm³/mol. The number of halogens is 1. The van der Waals surface area contributed by atoms with Crippen molar-refractivity contribution in [3.05, 3.63) is 30.0 Å². The number of hydrogen-bond donors (Lipinski definition) is 0. The number of fused-ring (bicyclic) bond motifs is 3. The van der Waals surface area contributed by atoms with Crippen molar-refractivity contribution >= 4 is 23.3 Å². The largest absolute Gasteiger partial charge is 0.372 e. The molecule has 6 heteroatoms. The topological polar surface area (TPSA) is 39.5 Å². The maximum Gasteiger partial charge on any atom is 0.127 e. The van der Waals surface area contributed by atoms with Crippen LogP contribution in [-0.2, 0) is 16.0 Å². The molecule has 0 aliphatic carbocycles. The highest BCUT2D eigenvalue weighted by Crippen LogP contribution is 2.33. The van der Waals surface area contributed by atoms with E-state index in [4.69, 9.17) is 9.47 Å². The van der Waals surface area contributed by atoms with Gasteiger partial charge in [0, 0.05) is 18.5 Å². The Morgan fingerprint density at radius 1 is 1.14 bits per heavy atom. The van der Waals surface area contributed by atoms with E-state index >= 15 is 0 Å². The van der Waals surface area contributed by atoms with E-state index in [1.54, 1.807) is 0 Å². The van der Waals surface area contributed by atoms with Gasteiger partial charge in [-0.2, -0.15) is 5.10 Å². The number of nitrogens with zero attached hydrogens (tertiary/aromatic N) is 3. The summed E-state index contributed by atoms with van der Waals surface area (Å²) < 4.78 is 14.1. The van der Waals surface area contributed by atoms with E-state index in [0.29, 0.717) is 6.61 Å². The third kappa shape index (κ3) is 2.55. The molecule has 2 aromatic rings. The van der Waals surface area contributed by atoms with Gasteiger partial charge in [-0.15, -0.1) is 12.4 Å².